The number of aryl methyl sites for hydroxylation is 2. The molecule has 0 saturated heterocycles. The molecule has 2 aromatic rings. The second-order valence-corrected chi connectivity index (χ2v) is 4.84. The number of nitrogens with two attached hydrogens (primary N) is 1. The van der Waals surface area contributed by atoms with Crippen LogP contribution in [0.25, 0.3) is 0 Å². The molecule has 0 amide bonds. The lowest BCUT2D eigenvalue weighted by molar-refractivity contribution is 0.101. The first-order valence-electron chi connectivity index (χ1n) is 6.67. The number of anilines is 2. The molecular formula is C15H20N4O. The molecule has 0 radical (unpaired) electrons. The molecule has 0 aliphatic rings. The number of rotatable bonds is 5. The maximum Gasteiger partial charge on any atom is 0.161 e. The van der Waals surface area contributed by atoms with E-state index in [1.807, 2.05) is 24.0 Å². The maximum atomic E-state index is 11.5. The summed E-state index contributed by atoms with van der Waals surface area (Å²) in [6.45, 7) is 4.28. The molecule has 2 rings (SSSR count). The van der Waals surface area contributed by atoms with Gasteiger partial charge in [-0.3, -0.25) is 9.48 Å². The van der Waals surface area contributed by atoms with Crippen molar-refractivity contribution in [2.24, 2.45) is 7.05 Å². The van der Waals surface area contributed by atoms with Gasteiger partial charge in [0.05, 0.1) is 5.69 Å². The van der Waals surface area contributed by atoms with Gasteiger partial charge in [0, 0.05) is 42.3 Å². The number of benzene rings is 1. The number of nitrogens with zero attached hydrogens (tertiary/aromatic N) is 2. The Bertz CT molecular complexity index is 631. The largest absolute Gasteiger partial charge is 0.398 e. The number of aromatic nitrogens is 2. The zero-order valence-electron chi connectivity index (χ0n) is 12.1. The lowest BCUT2D eigenvalue weighted by Gasteiger charge is -2.09. The molecule has 0 aliphatic carbocycles. The van der Waals surface area contributed by atoms with Gasteiger partial charge in [0.25, 0.3) is 0 Å². The number of hydrogen-bond donors (Lipinski definition) is 2. The molecule has 0 fully saturated rings. The third-order valence-electron chi connectivity index (χ3n) is 3.24. The Balaban J connectivity index is 2.14. The predicted octanol–water partition coefficient (Wildman–Crippen LogP) is 2.38. The van der Waals surface area contributed by atoms with Gasteiger partial charge in [0.2, 0.25) is 0 Å². The Morgan fingerprint density at radius 3 is 2.85 bits per heavy atom. The average Bonchev–Trinajstić information content (AvgIpc) is 2.77. The van der Waals surface area contributed by atoms with Crippen LogP contribution in [0.1, 0.15) is 35.5 Å². The molecule has 5 nitrogen and oxygen atoms in total. The summed E-state index contributed by atoms with van der Waals surface area (Å²) in [5, 5.41) is 7.71. The first kappa shape index (κ1) is 14.1. The van der Waals surface area contributed by atoms with Crippen LogP contribution in [0.4, 0.5) is 11.4 Å². The number of nitrogens with one attached hydrogen (secondary N) is 1. The van der Waals surface area contributed by atoms with Crippen molar-refractivity contribution in [2.75, 3.05) is 11.1 Å². The van der Waals surface area contributed by atoms with Crippen molar-refractivity contribution >= 4 is 17.2 Å². The molecule has 20 heavy (non-hydrogen) atoms. The fourth-order valence-electron chi connectivity index (χ4n) is 2.20. The fourth-order valence-corrected chi connectivity index (χ4v) is 2.20. The predicted molar refractivity (Wildman–Crippen MR) is 80.8 cm³/mol. The molecule has 0 aliphatic heterocycles. The zero-order valence-corrected chi connectivity index (χ0v) is 12.1. The van der Waals surface area contributed by atoms with E-state index in [1.54, 1.807) is 12.1 Å². The highest BCUT2D eigenvalue weighted by Gasteiger charge is 2.08. The number of carbonyl (C=O) groups excluding carboxylic acids is 1. The number of nitrogen functional groups attached to an aromatic ring is 1. The molecule has 0 bridgehead atoms. The SMILES string of the molecule is CCc1nn(C)cc1CNc1ccc(N)c(C(C)=O)c1. The van der Waals surface area contributed by atoms with Crippen molar-refractivity contribution in [3.05, 3.63) is 41.2 Å². The smallest absolute Gasteiger partial charge is 0.161 e. The van der Waals surface area contributed by atoms with Crippen LogP contribution in [0.2, 0.25) is 0 Å². The van der Waals surface area contributed by atoms with E-state index in [0.29, 0.717) is 17.8 Å². The highest BCUT2D eigenvalue weighted by atomic mass is 16.1. The van der Waals surface area contributed by atoms with Gasteiger partial charge >= 0.3 is 0 Å². The summed E-state index contributed by atoms with van der Waals surface area (Å²) in [6.07, 6.45) is 2.91. The van der Waals surface area contributed by atoms with Gasteiger partial charge in [-0.05, 0) is 31.5 Å². The van der Waals surface area contributed by atoms with Crippen LogP contribution in [0, 0.1) is 0 Å². The molecule has 0 unspecified atom stereocenters. The normalized spacial score (nSPS) is 10.6. The molecule has 1 heterocycles. The van der Waals surface area contributed by atoms with Crippen LogP contribution in [-0.2, 0) is 20.0 Å². The monoisotopic (exact) mass is 272 g/mol. The highest BCUT2D eigenvalue weighted by Crippen LogP contribution is 2.19. The van der Waals surface area contributed by atoms with E-state index < -0.39 is 0 Å². The van der Waals surface area contributed by atoms with E-state index in [1.165, 1.54) is 6.92 Å². The summed E-state index contributed by atoms with van der Waals surface area (Å²) >= 11 is 0. The summed E-state index contributed by atoms with van der Waals surface area (Å²) in [4.78, 5) is 11.5. The van der Waals surface area contributed by atoms with Gasteiger partial charge in [0.1, 0.15) is 0 Å². The molecule has 106 valence electrons. The van der Waals surface area contributed by atoms with Gasteiger partial charge in [-0.15, -0.1) is 0 Å². The number of hydrogen-bond acceptors (Lipinski definition) is 4. The number of Topliss-reactive ketones (excluding diaryl/α,β-unsaturated/α-hetero) is 1. The lowest BCUT2D eigenvalue weighted by Crippen LogP contribution is -2.04. The molecule has 1 aromatic carbocycles. The molecule has 0 spiro atoms. The summed E-state index contributed by atoms with van der Waals surface area (Å²) in [5.74, 6) is -0.0261. The van der Waals surface area contributed by atoms with E-state index in [9.17, 15) is 4.79 Å². The van der Waals surface area contributed by atoms with Crippen molar-refractivity contribution in [1.82, 2.24) is 9.78 Å². The van der Waals surface area contributed by atoms with Gasteiger partial charge in [-0.1, -0.05) is 6.92 Å². The van der Waals surface area contributed by atoms with Crippen LogP contribution in [0.15, 0.2) is 24.4 Å². The Labute approximate surface area is 118 Å². The molecule has 0 atom stereocenters. The molecule has 0 saturated carbocycles. The Morgan fingerprint density at radius 1 is 1.45 bits per heavy atom. The minimum atomic E-state index is -0.0261. The van der Waals surface area contributed by atoms with Crippen molar-refractivity contribution in [2.45, 2.75) is 26.8 Å². The van der Waals surface area contributed by atoms with E-state index in [4.69, 9.17) is 5.73 Å². The Hall–Kier alpha value is -2.30. The van der Waals surface area contributed by atoms with E-state index in [-0.39, 0.29) is 5.78 Å². The molecule has 5 heteroatoms. The van der Waals surface area contributed by atoms with Crippen LogP contribution in [0.3, 0.4) is 0 Å². The first-order valence-corrected chi connectivity index (χ1v) is 6.67. The van der Waals surface area contributed by atoms with Crippen molar-refractivity contribution in [3.8, 4) is 0 Å². The summed E-state index contributed by atoms with van der Waals surface area (Å²) < 4.78 is 1.82. The summed E-state index contributed by atoms with van der Waals surface area (Å²) in [5.41, 5.74) is 9.98. The van der Waals surface area contributed by atoms with Gasteiger partial charge in [-0.2, -0.15) is 5.10 Å². The maximum absolute atomic E-state index is 11.5. The fraction of sp³-hybridized carbons (Fsp3) is 0.333. The van der Waals surface area contributed by atoms with Crippen molar-refractivity contribution in [1.29, 1.82) is 0 Å². The number of carbonyl (C=O) groups is 1. The molecular weight excluding hydrogens is 252 g/mol. The van der Waals surface area contributed by atoms with E-state index in [0.717, 1.165) is 23.4 Å². The third-order valence-corrected chi connectivity index (χ3v) is 3.24. The van der Waals surface area contributed by atoms with Gasteiger partial charge in [0.15, 0.2) is 5.78 Å². The van der Waals surface area contributed by atoms with Crippen molar-refractivity contribution in [3.63, 3.8) is 0 Å². The summed E-state index contributed by atoms with van der Waals surface area (Å²) in [7, 11) is 1.92. The standard InChI is InChI=1S/C15H20N4O/c1-4-15-11(9-19(3)18-15)8-17-12-5-6-14(16)13(7-12)10(2)20/h5-7,9,17H,4,8,16H2,1-3H3. The van der Waals surface area contributed by atoms with Crippen LogP contribution < -0.4 is 11.1 Å². The van der Waals surface area contributed by atoms with Crippen molar-refractivity contribution < 1.29 is 4.79 Å². The minimum Gasteiger partial charge on any atom is -0.398 e. The van der Waals surface area contributed by atoms with Gasteiger partial charge < -0.3 is 11.1 Å². The first-order chi connectivity index (χ1) is 9.51. The zero-order chi connectivity index (χ0) is 14.7. The Kier molecular flexibility index (Phi) is 4.08. The quantitative estimate of drug-likeness (QED) is 0.647. The second kappa shape index (κ2) is 5.77. The summed E-state index contributed by atoms with van der Waals surface area (Å²) in [6, 6.07) is 5.42. The lowest BCUT2D eigenvalue weighted by atomic mass is 10.1. The van der Waals surface area contributed by atoms with Gasteiger partial charge in [-0.25, -0.2) is 0 Å². The average molecular weight is 272 g/mol. The van der Waals surface area contributed by atoms with E-state index >= 15 is 0 Å². The molecule has 3 N–H and O–H groups in total. The van der Waals surface area contributed by atoms with Crippen LogP contribution in [-0.4, -0.2) is 15.6 Å². The number of ketones is 1. The van der Waals surface area contributed by atoms with Crippen LogP contribution >= 0.6 is 0 Å². The topological polar surface area (TPSA) is 72.9 Å². The third kappa shape index (κ3) is 2.99. The minimum absolute atomic E-state index is 0.0261. The second-order valence-electron chi connectivity index (χ2n) is 4.84. The Morgan fingerprint density at radius 2 is 2.20 bits per heavy atom. The van der Waals surface area contributed by atoms with Crippen LogP contribution in [0.5, 0.6) is 0 Å². The molecule has 1 aromatic heterocycles. The van der Waals surface area contributed by atoms with E-state index in [2.05, 4.69) is 17.3 Å². The highest BCUT2D eigenvalue weighted by molar-refractivity contribution is 6.00.